The number of nitrogens with one attached hydrogen (secondary N) is 1. The van der Waals surface area contributed by atoms with Crippen molar-refractivity contribution >= 4 is 40.8 Å². The molecule has 8 heteroatoms. The maximum atomic E-state index is 13.1. The van der Waals surface area contributed by atoms with Crippen molar-refractivity contribution in [2.45, 2.75) is 0 Å². The molecule has 0 bridgehead atoms. The van der Waals surface area contributed by atoms with Crippen LogP contribution in [0.4, 0.5) is 10.1 Å². The standard InChI is InChI=1S/C16H12Cl2FNO4/c1-23-14-5-3-10(7-13(14)18)20-15(21)8-24-16(22)11-6-9(19)2-4-12(11)17/h2-7H,8H2,1H3,(H,20,21). The molecule has 0 spiro atoms. The summed E-state index contributed by atoms with van der Waals surface area (Å²) in [5.74, 6) is -1.66. The number of ether oxygens (including phenoxy) is 2. The Bertz CT molecular complexity index is 783. The summed E-state index contributed by atoms with van der Waals surface area (Å²) in [5, 5.41) is 2.85. The van der Waals surface area contributed by atoms with E-state index in [0.717, 1.165) is 12.1 Å². The summed E-state index contributed by atoms with van der Waals surface area (Å²) in [4.78, 5) is 23.6. The van der Waals surface area contributed by atoms with E-state index < -0.39 is 24.3 Å². The molecule has 0 heterocycles. The number of halogens is 3. The van der Waals surface area contributed by atoms with E-state index in [9.17, 15) is 14.0 Å². The van der Waals surface area contributed by atoms with E-state index >= 15 is 0 Å². The first-order chi connectivity index (χ1) is 11.4. The number of hydrogen-bond donors (Lipinski definition) is 1. The summed E-state index contributed by atoms with van der Waals surface area (Å²) in [6.07, 6.45) is 0. The van der Waals surface area contributed by atoms with E-state index in [4.69, 9.17) is 32.7 Å². The lowest BCUT2D eigenvalue weighted by atomic mass is 10.2. The lowest BCUT2D eigenvalue weighted by Gasteiger charge is -2.09. The summed E-state index contributed by atoms with van der Waals surface area (Å²) in [6.45, 7) is -0.560. The second kappa shape index (κ2) is 7.99. The summed E-state index contributed by atoms with van der Waals surface area (Å²) >= 11 is 11.7. The average molecular weight is 372 g/mol. The zero-order valence-corrected chi connectivity index (χ0v) is 13.9. The molecule has 126 valence electrons. The van der Waals surface area contributed by atoms with Gasteiger partial charge in [0.15, 0.2) is 6.61 Å². The lowest BCUT2D eigenvalue weighted by Crippen LogP contribution is -2.21. The quantitative estimate of drug-likeness (QED) is 0.808. The van der Waals surface area contributed by atoms with Crippen LogP contribution in [0.3, 0.4) is 0 Å². The summed E-state index contributed by atoms with van der Waals surface area (Å²) in [6, 6.07) is 7.92. The third-order valence-electron chi connectivity index (χ3n) is 2.92. The van der Waals surface area contributed by atoms with Crippen molar-refractivity contribution in [3.8, 4) is 5.75 Å². The van der Waals surface area contributed by atoms with Crippen LogP contribution >= 0.6 is 23.2 Å². The molecule has 2 rings (SSSR count). The number of anilines is 1. The van der Waals surface area contributed by atoms with Crippen LogP contribution in [0.1, 0.15) is 10.4 Å². The zero-order valence-electron chi connectivity index (χ0n) is 12.4. The Morgan fingerprint density at radius 3 is 2.54 bits per heavy atom. The predicted octanol–water partition coefficient (Wildman–Crippen LogP) is 3.94. The molecule has 0 unspecified atom stereocenters. The zero-order chi connectivity index (χ0) is 17.7. The number of hydrogen-bond acceptors (Lipinski definition) is 4. The van der Waals surface area contributed by atoms with Crippen LogP contribution in [-0.2, 0) is 9.53 Å². The number of amides is 1. The van der Waals surface area contributed by atoms with E-state index in [1.165, 1.54) is 19.2 Å². The fraction of sp³-hybridized carbons (Fsp3) is 0.125. The summed E-state index contributed by atoms with van der Waals surface area (Å²) in [7, 11) is 1.47. The van der Waals surface area contributed by atoms with Crippen LogP contribution in [0, 0.1) is 5.82 Å². The molecule has 0 atom stereocenters. The number of methoxy groups -OCH3 is 1. The number of esters is 1. The van der Waals surface area contributed by atoms with Crippen LogP contribution in [0.25, 0.3) is 0 Å². The largest absolute Gasteiger partial charge is 0.495 e. The Hall–Kier alpha value is -2.31. The van der Waals surface area contributed by atoms with Crippen molar-refractivity contribution < 1.29 is 23.5 Å². The van der Waals surface area contributed by atoms with Gasteiger partial charge in [-0.2, -0.15) is 0 Å². The van der Waals surface area contributed by atoms with Gasteiger partial charge in [-0.25, -0.2) is 9.18 Å². The van der Waals surface area contributed by atoms with E-state index in [0.29, 0.717) is 16.5 Å². The SMILES string of the molecule is COc1ccc(NC(=O)COC(=O)c2cc(F)ccc2Cl)cc1Cl. The van der Waals surface area contributed by atoms with Gasteiger partial charge in [0.2, 0.25) is 0 Å². The van der Waals surface area contributed by atoms with E-state index in [2.05, 4.69) is 5.32 Å². The fourth-order valence-corrected chi connectivity index (χ4v) is 2.26. The van der Waals surface area contributed by atoms with Crippen molar-refractivity contribution in [2.75, 3.05) is 19.0 Å². The molecule has 0 saturated heterocycles. The first kappa shape index (κ1) is 18.0. The van der Waals surface area contributed by atoms with Gasteiger partial charge in [0.05, 0.1) is 22.7 Å². The molecule has 2 aromatic rings. The van der Waals surface area contributed by atoms with Gasteiger partial charge in [0, 0.05) is 5.69 Å². The first-order valence-electron chi connectivity index (χ1n) is 6.66. The minimum Gasteiger partial charge on any atom is -0.495 e. The van der Waals surface area contributed by atoms with Crippen molar-refractivity contribution in [1.29, 1.82) is 0 Å². The van der Waals surface area contributed by atoms with Gasteiger partial charge in [0.1, 0.15) is 11.6 Å². The molecule has 1 N–H and O–H groups in total. The highest BCUT2D eigenvalue weighted by molar-refractivity contribution is 6.33. The third kappa shape index (κ3) is 4.59. The smallest absolute Gasteiger partial charge is 0.340 e. The van der Waals surface area contributed by atoms with Gasteiger partial charge >= 0.3 is 5.97 Å². The lowest BCUT2D eigenvalue weighted by molar-refractivity contribution is -0.119. The number of benzene rings is 2. The molecule has 0 fully saturated rings. The topological polar surface area (TPSA) is 64.6 Å². The minimum absolute atomic E-state index is 0.0312. The molecule has 0 aliphatic heterocycles. The Labute approximate surface area is 147 Å². The van der Waals surface area contributed by atoms with Gasteiger partial charge in [-0.3, -0.25) is 4.79 Å². The summed E-state index contributed by atoms with van der Waals surface area (Å²) < 4.78 is 22.9. The minimum atomic E-state index is -0.901. The first-order valence-corrected chi connectivity index (χ1v) is 7.42. The molecule has 0 aromatic heterocycles. The monoisotopic (exact) mass is 371 g/mol. The van der Waals surface area contributed by atoms with Crippen LogP contribution in [0.2, 0.25) is 10.0 Å². The van der Waals surface area contributed by atoms with Gasteiger partial charge in [-0.15, -0.1) is 0 Å². The van der Waals surface area contributed by atoms with Gasteiger partial charge < -0.3 is 14.8 Å². The fourth-order valence-electron chi connectivity index (χ4n) is 1.80. The average Bonchev–Trinajstić information content (AvgIpc) is 2.55. The van der Waals surface area contributed by atoms with Crippen molar-refractivity contribution in [2.24, 2.45) is 0 Å². The van der Waals surface area contributed by atoms with Crippen LogP contribution in [0.5, 0.6) is 5.75 Å². The molecular weight excluding hydrogens is 360 g/mol. The van der Waals surface area contributed by atoms with Crippen LogP contribution < -0.4 is 10.1 Å². The van der Waals surface area contributed by atoms with E-state index in [-0.39, 0.29) is 10.6 Å². The molecule has 0 aliphatic rings. The van der Waals surface area contributed by atoms with Gasteiger partial charge in [-0.1, -0.05) is 23.2 Å². The van der Waals surface area contributed by atoms with E-state index in [1.807, 2.05) is 0 Å². The molecule has 0 aliphatic carbocycles. The Morgan fingerprint density at radius 1 is 1.12 bits per heavy atom. The van der Waals surface area contributed by atoms with Crippen molar-refractivity contribution in [3.05, 3.63) is 57.8 Å². The highest BCUT2D eigenvalue weighted by Crippen LogP contribution is 2.27. The van der Waals surface area contributed by atoms with Crippen molar-refractivity contribution in [3.63, 3.8) is 0 Å². The Morgan fingerprint density at radius 2 is 1.88 bits per heavy atom. The Kier molecular flexibility index (Phi) is 6.00. The van der Waals surface area contributed by atoms with E-state index in [1.54, 1.807) is 12.1 Å². The van der Waals surface area contributed by atoms with Gasteiger partial charge in [-0.05, 0) is 36.4 Å². The maximum absolute atomic E-state index is 13.1. The highest BCUT2D eigenvalue weighted by atomic mass is 35.5. The Balaban J connectivity index is 1.94. The van der Waals surface area contributed by atoms with Crippen LogP contribution in [0.15, 0.2) is 36.4 Å². The molecule has 0 radical (unpaired) electrons. The normalized spacial score (nSPS) is 10.2. The summed E-state index contributed by atoms with van der Waals surface area (Å²) in [5.41, 5.74) is 0.252. The molecule has 2 aromatic carbocycles. The molecule has 0 saturated carbocycles. The van der Waals surface area contributed by atoms with Crippen LogP contribution in [-0.4, -0.2) is 25.6 Å². The molecule has 24 heavy (non-hydrogen) atoms. The van der Waals surface area contributed by atoms with Gasteiger partial charge in [0.25, 0.3) is 5.91 Å². The highest BCUT2D eigenvalue weighted by Gasteiger charge is 2.15. The maximum Gasteiger partial charge on any atom is 0.340 e. The molecular formula is C16H12Cl2FNO4. The number of rotatable bonds is 5. The predicted molar refractivity (Wildman–Crippen MR) is 88.3 cm³/mol. The third-order valence-corrected chi connectivity index (χ3v) is 3.54. The van der Waals surface area contributed by atoms with Crippen molar-refractivity contribution in [1.82, 2.24) is 0 Å². The number of carbonyl (C=O) groups excluding carboxylic acids is 2. The second-order valence-corrected chi connectivity index (χ2v) is 5.41. The second-order valence-electron chi connectivity index (χ2n) is 4.60. The molecule has 1 amide bonds. The molecule has 5 nitrogen and oxygen atoms in total. The number of carbonyl (C=O) groups is 2.